The van der Waals surface area contributed by atoms with Crippen LogP contribution in [0.2, 0.25) is 0 Å². The molecule has 1 heterocycles. The van der Waals surface area contributed by atoms with Gasteiger partial charge in [0.1, 0.15) is 0 Å². The monoisotopic (exact) mass is 384 g/mol. The van der Waals surface area contributed by atoms with Gasteiger partial charge >= 0.3 is 0 Å². The number of rotatable bonds is 7. The number of likely N-dealkylation sites (N-methyl/N-ethyl adjacent to an activating group) is 1. The maximum Gasteiger partial charge on any atom is 0.227 e. The Balaban J connectivity index is 1.51. The number of aryl methyl sites for hydroxylation is 2. The Kier molecular flexibility index (Phi) is 6.83. The summed E-state index contributed by atoms with van der Waals surface area (Å²) in [6, 6.07) is 7.99. The molecule has 6 nitrogen and oxygen atoms in total. The zero-order chi connectivity index (χ0) is 20.0. The number of benzene rings is 1. The van der Waals surface area contributed by atoms with E-state index in [1.807, 2.05) is 31.2 Å². The molecule has 28 heavy (non-hydrogen) atoms. The van der Waals surface area contributed by atoms with Crippen LogP contribution in [0.5, 0.6) is 0 Å². The number of carbonyl (C=O) groups excluding carboxylic acids is 1. The van der Waals surface area contributed by atoms with E-state index in [9.17, 15) is 4.79 Å². The molecule has 1 saturated carbocycles. The topological polar surface area (TPSA) is 71.3 Å². The second-order valence-corrected chi connectivity index (χ2v) is 8.19. The molecule has 0 bridgehead atoms. The van der Waals surface area contributed by atoms with Gasteiger partial charge in [0.15, 0.2) is 0 Å². The Labute approximate surface area is 167 Å². The van der Waals surface area contributed by atoms with Gasteiger partial charge in [-0.2, -0.15) is 4.98 Å². The molecule has 0 radical (unpaired) electrons. The van der Waals surface area contributed by atoms with Crippen LogP contribution in [0, 0.1) is 6.92 Å². The highest BCUT2D eigenvalue weighted by molar-refractivity contribution is 5.76. The number of hydrogen-bond acceptors (Lipinski definition) is 5. The maximum atomic E-state index is 12.4. The van der Waals surface area contributed by atoms with E-state index in [1.54, 1.807) is 0 Å². The van der Waals surface area contributed by atoms with Crippen molar-refractivity contribution in [2.24, 2.45) is 0 Å². The minimum Gasteiger partial charge on any atom is -0.354 e. The van der Waals surface area contributed by atoms with Gasteiger partial charge in [0.2, 0.25) is 17.6 Å². The van der Waals surface area contributed by atoms with Crippen molar-refractivity contribution in [3.63, 3.8) is 0 Å². The Bertz CT molecular complexity index is 759. The third kappa shape index (κ3) is 5.19. The molecule has 1 amide bonds. The van der Waals surface area contributed by atoms with Gasteiger partial charge in [0, 0.05) is 30.5 Å². The number of nitrogens with zero attached hydrogens (tertiary/aromatic N) is 3. The molecule has 152 valence electrons. The first-order valence-electron chi connectivity index (χ1n) is 10.3. The summed E-state index contributed by atoms with van der Waals surface area (Å²) in [6.07, 6.45) is 8.16. The van der Waals surface area contributed by atoms with Gasteiger partial charge in [0.05, 0.1) is 0 Å². The van der Waals surface area contributed by atoms with Crippen LogP contribution < -0.4 is 5.32 Å². The molecule has 2 aromatic rings. The first-order valence-corrected chi connectivity index (χ1v) is 10.3. The summed E-state index contributed by atoms with van der Waals surface area (Å²) in [4.78, 5) is 19.1. The minimum atomic E-state index is 0.0422. The quantitative estimate of drug-likeness (QED) is 0.736. The van der Waals surface area contributed by atoms with Gasteiger partial charge in [0.25, 0.3) is 0 Å². The maximum absolute atomic E-state index is 12.4. The lowest BCUT2D eigenvalue weighted by Crippen LogP contribution is -2.52. The molecule has 0 atom stereocenters. The van der Waals surface area contributed by atoms with E-state index < -0.39 is 0 Å². The van der Waals surface area contributed by atoms with Gasteiger partial charge in [-0.3, -0.25) is 4.79 Å². The zero-order valence-electron chi connectivity index (χ0n) is 17.3. The summed E-state index contributed by atoms with van der Waals surface area (Å²) in [6.45, 7) is 2.75. The average molecular weight is 385 g/mol. The molecule has 1 aliphatic carbocycles. The molecule has 1 aromatic heterocycles. The van der Waals surface area contributed by atoms with E-state index >= 15 is 0 Å². The van der Waals surface area contributed by atoms with Crippen molar-refractivity contribution in [3.05, 3.63) is 35.7 Å². The van der Waals surface area contributed by atoms with Gasteiger partial charge in [-0.15, -0.1) is 0 Å². The second kappa shape index (κ2) is 9.32. The van der Waals surface area contributed by atoms with E-state index in [0.29, 0.717) is 31.1 Å². The fourth-order valence-electron chi connectivity index (χ4n) is 3.92. The van der Waals surface area contributed by atoms with Crippen molar-refractivity contribution in [3.8, 4) is 11.4 Å². The van der Waals surface area contributed by atoms with Crippen LogP contribution in [0.4, 0.5) is 0 Å². The first kappa shape index (κ1) is 20.5. The summed E-state index contributed by atoms with van der Waals surface area (Å²) in [5, 5.41) is 7.18. The molecule has 3 rings (SSSR count). The second-order valence-electron chi connectivity index (χ2n) is 8.19. The highest BCUT2D eigenvalue weighted by Gasteiger charge is 2.33. The molecule has 6 heteroatoms. The molecule has 1 fully saturated rings. The molecular weight excluding hydrogens is 352 g/mol. The van der Waals surface area contributed by atoms with Crippen molar-refractivity contribution < 1.29 is 9.32 Å². The molecule has 0 spiro atoms. The summed E-state index contributed by atoms with van der Waals surface area (Å²) in [7, 11) is 4.25. The summed E-state index contributed by atoms with van der Waals surface area (Å²) in [5.41, 5.74) is 2.19. The largest absolute Gasteiger partial charge is 0.354 e. The predicted molar refractivity (Wildman–Crippen MR) is 110 cm³/mol. The van der Waals surface area contributed by atoms with Crippen LogP contribution in [0.15, 0.2) is 28.8 Å². The lowest BCUT2D eigenvalue weighted by atomic mass is 9.88. The fourth-order valence-corrected chi connectivity index (χ4v) is 3.92. The standard InChI is InChI=1S/C22H32N4O2/c1-17-8-10-18(11-9-17)21-24-20(28-25-21)13-12-19(27)23-16-22(26(2)3)14-6-4-5-7-15-22/h8-11H,4-7,12-16H2,1-3H3,(H,23,27). The van der Waals surface area contributed by atoms with Crippen molar-refractivity contribution in [1.82, 2.24) is 20.4 Å². The van der Waals surface area contributed by atoms with Gasteiger partial charge in [-0.05, 0) is 33.9 Å². The highest BCUT2D eigenvalue weighted by Crippen LogP contribution is 2.30. The van der Waals surface area contributed by atoms with Crippen molar-refractivity contribution in [1.29, 1.82) is 0 Å². The molecule has 1 aromatic carbocycles. The van der Waals surface area contributed by atoms with E-state index in [1.165, 1.54) is 31.2 Å². The number of nitrogens with one attached hydrogen (secondary N) is 1. The van der Waals surface area contributed by atoms with Crippen molar-refractivity contribution >= 4 is 5.91 Å². The van der Waals surface area contributed by atoms with E-state index in [2.05, 4.69) is 34.5 Å². The molecular formula is C22H32N4O2. The number of aromatic nitrogens is 2. The Morgan fingerprint density at radius 1 is 1.14 bits per heavy atom. The van der Waals surface area contributed by atoms with Crippen molar-refractivity contribution in [2.45, 2.75) is 63.8 Å². The summed E-state index contributed by atoms with van der Waals surface area (Å²) in [5.74, 6) is 1.11. The van der Waals surface area contributed by atoms with Crippen LogP contribution >= 0.6 is 0 Å². The number of amides is 1. The molecule has 0 saturated heterocycles. The lowest BCUT2D eigenvalue weighted by molar-refractivity contribution is -0.121. The smallest absolute Gasteiger partial charge is 0.227 e. The Hall–Kier alpha value is -2.21. The molecule has 0 unspecified atom stereocenters. The van der Waals surface area contributed by atoms with E-state index in [4.69, 9.17) is 4.52 Å². The molecule has 1 N–H and O–H groups in total. The summed E-state index contributed by atoms with van der Waals surface area (Å²) >= 11 is 0. The van der Waals surface area contributed by atoms with E-state index in [0.717, 1.165) is 18.4 Å². The van der Waals surface area contributed by atoms with Crippen LogP contribution in [-0.4, -0.2) is 47.1 Å². The molecule has 1 aliphatic rings. The van der Waals surface area contributed by atoms with Crippen LogP contribution in [0.25, 0.3) is 11.4 Å². The SMILES string of the molecule is Cc1ccc(-c2noc(CCC(=O)NCC3(N(C)C)CCCCCC3)n2)cc1. The normalized spacial score (nSPS) is 16.7. The average Bonchev–Trinajstić information content (AvgIpc) is 3.02. The van der Waals surface area contributed by atoms with E-state index in [-0.39, 0.29) is 11.4 Å². The third-order valence-electron chi connectivity index (χ3n) is 5.94. The Morgan fingerprint density at radius 3 is 2.46 bits per heavy atom. The minimum absolute atomic E-state index is 0.0422. The summed E-state index contributed by atoms with van der Waals surface area (Å²) < 4.78 is 5.32. The number of hydrogen-bond donors (Lipinski definition) is 1. The third-order valence-corrected chi connectivity index (χ3v) is 5.94. The van der Waals surface area contributed by atoms with Crippen LogP contribution in [0.1, 0.15) is 56.4 Å². The van der Waals surface area contributed by atoms with Crippen LogP contribution in [-0.2, 0) is 11.2 Å². The predicted octanol–water partition coefficient (Wildman–Crippen LogP) is 3.75. The lowest BCUT2D eigenvalue weighted by Gasteiger charge is -2.39. The zero-order valence-corrected chi connectivity index (χ0v) is 17.3. The first-order chi connectivity index (χ1) is 13.5. The molecule has 0 aliphatic heterocycles. The van der Waals surface area contributed by atoms with Gasteiger partial charge in [-0.25, -0.2) is 0 Å². The van der Waals surface area contributed by atoms with Crippen molar-refractivity contribution in [2.75, 3.05) is 20.6 Å². The van der Waals surface area contributed by atoms with Crippen LogP contribution in [0.3, 0.4) is 0 Å². The fraction of sp³-hybridized carbons (Fsp3) is 0.591. The van der Waals surface area contributed by atoms with Gasteiger partial charge < -0.3 is 14.7 Å². The Morgan fingerprint density at radius 2 is 1.82 bits per heavy atom. The highest BCUT2D eigenvalue weighted by atomic mass is 16.5. The number of carbonyl (C=O) groups is 1. The van der Waals surface area contributed by atoms with Gasteiger partial charge in [-0.1, -0.05) is 60.7 Å².